The van der Waals surface area contributed by atoms with E-state index in [-0.39, 0.29) is 61.6 Å². The number of nitrogens with zero attached hydrogens (tertiary/aromatic N) is 5. The molecule has 192 valence electrons. The van der Waals surface area contributed by atoms with Crippen molar-refractivity contribution in [3.63, 3.8) is 0 Å². The van der Waals surface area contributed by atoms with Crippen LogP contribution in [0, 0.1) is 11.3 Å². The van der Waals surface area contributed by atoms with Gasteiger partial charge in [-0.3, -0.25) is 24.1 Å². The smallest absolute Gasteiger partial charge is 0.308 e. The Bertz CT molecular complexity index is 757. The molecule has 0 saturated carbocycles. The van der Waals surface area contributed by atoms with Crippen LogP contribution in [0.5, 0.6) is 0 Å². The van der Waals surface area contributed by atoms with Crippen molar-refractivity contribution in [2.24, 2.45) is 16.4 Å². The van der Waals surface area contributed by atoms with E-state index in [0.29, 0.717) is 45.4 Å². The fraction of sp³-hybridized carbons (Fsp3) is 0.826. The van der Waals surface area contributed by atoms with Crippen molar-refractivity contribution in [2.45, 2.75) is 66.3 Å². The first-order chi connectivity index (χ1) is 16.0. The van der Waals surface area contributed by atoms with Crippen LogP contribution in [0.3, 0.4) is 0 Å². The standard InChI is InChI=1S/C23H40N6O5/c1-17(2)22(33)34-16-18-14-29(13-12-28(18)15-19(30)23(3,4)5)21(32)9-11-25-20(31)8-6-7-10-26-27-24/h17-18H,6-16H2,1-5H3,(H,25,31). The summed E-state index contributed by atoms with van der Waals surface area (Å²) in [6, 6.07) is -0.266. The summed E-state index contributed by atoms with van der Waals surface area (Å²) in [4.78, 5) is 55.5. The molecule has 1 unspecified atom stereocenters. The van der Waals surface area contributed by atoms with Gasteiger partial charge in [0.2, 0.25) is 11.8 Å². The molecule has 1 fully saturated rings. The highest BCUT2D eigenvalue weighted by atomic mass is 16.5. The fourth-order valence-electron chi connectivity index (χ4n) is 3.32. The highest BCUT2D eigenvalue weighted by Gasteiger charge is 2.33. The minimum atomic E-state index is -0.479. The van der Waals surface area contributed by atoms with Gasteiger partial charge < -0.3 is 15.0 Å². The Hall–Kier alpha value is -2.65. The zero-order valence-electron chi connectivity index (χ0n) is 21.2. The number of ether oxygens (including phenoxy) is 1. The number of piperazine rings is 1. The van der Waals surface area contributed by atoms with Crippen molar-refractivity contribution in [1.29, 1.82) is 0 Å². The second-order valence-electron chi connectivity index (χ2n) is 9.93. The maximum Gasteiger partial charge on any atom is 0.308 e. The van der Waals surface area contributed by atoms with Crippen molar-refractivity contribution < 1.29 is 23.9 Å². The van der Waals surface area contributed by atoms with Crippen molar-refractivity contribution in [1.82, 2.24) is 15.1 Å². The highest BCUT2D eigenvalue weighted by molar-refractivity contribution is 5.85. The monoisotopic (exact) mass is 480 g/mol. The number of hydrogen-bond acceptors (Lipinski definition) is 7. The van der Waals surface area contributed by atoms with E-state index >= 15 is 0 Å². The summed E-state index contributed by atoms with van der Waals surface area (Å²) in [6.45, 7) is 11.4. The van der Waals surface area contributed by atoms with Gasteiger partial charge in [-0.05, 0) is 18.4 Å². The van der Waals surface area contributed by atoms with E-state index in [1.54, 1.807) is 18.7 Å². The van der Waals surface area contributed by atoms with Gasteiger partial charge in [0.15, 0.2) is 5.78 Å². The van der Waals surface area contributed by atoms with Gasteiger partial charge in [-0.25, -0.2) is 0 Å². The minimum Gasteiger partial charge on any atom is -0.464 e. The van der Waals surface area contributed by atoms with Gasteiger partial charge in [-0.1, -0.05) is 39.7 Å². The molecule has 0 spiro atoms. The lowest BCUT2D eigenvalue weighted by molar-refractivity contribution is -0.151. The molecule has 1 heterocycles. The average Bonchev–Trinajstić information content (AvgIpc) is 2.77. The molecule has 1 N–H and O–H groups in total. The molecule has 1 saturated heterocycles. The van der Waals surface area contributed by atoms with Gasteiger partial charge in [0, 0.05) is 55.9 Å². The predicted molar refractivity (Wildman–Crippen MR) is 128 cm³/mol. The molecule has 1 aliphatic heterocycles. The number of nitrogens with one attached hydrogen (secondary N) is 1. The Labute approximate surface area is 202 Å². The quantitative estimate of drug-likeness (QED) is 0.141. The lowest BCUT2D eigenvalue weighted by Gasteiger charge is -2.41. The molecule has 11 heteroatoms. The normalized spacial score (nSPS) is 16.6. The van der Waals surface area contributed by atoms with Crippen LogP contribution >= 0.6 is 0 Å². The largest absolute Gasteiger partial charge is 0.464 e. The third kappa shape index (κ3) is 11.0. The Morgan fingerprint density at radius 2 is 1.85 bits per heavy atom. The molecule has 11 nitrogen and oxygen atoms in total. The van der Waals surface area contributed by atoms with E-state index in [9.17, 15) is 19.2 Å². The SMILES string of the molecule is CC(C)C(=O)OCC1CN(C(=O)CCNC(=O)CCCCN=[N+]=[N-])CCN1CC(=O)C(C)(C)C. The first kappa shape index (κ1) is 29.4. The van der Waals surface area contributed by atoms with Crippen LogP contribution in [-0.4, -0.2) is 85.3 Å². The molecule has 0 aliphatic carbocycles. The zero-order valence-corrected chi connectivity index (χ0v) is 21.2. The maximum absolute atomic E-state index is 12.7. The molecule has 0 radical (unpaired) electrons. The van der Waals surface area contributed by atoms with E-state index in [2.05, 4.69) is 15.3 Å². The predicted octanol–water partition coefficient (Wildman–Crippen LogP) is 2.30. The summed E-state index contributed by atoms with van der Waals surface area (Å²) in [6.07, 6.45) is 1.74. The number of carbonyl (C=O) groups excluding carboxylic acids is 4. The summed E-state index contributed by atoms with van der Waals surface area (Å²) in [5, 5.41) is 6.17. The number of Topliss-reactive ketones (excluding diaryl/α,β-unsaturated/α-hetero) is 1. The first-order valence-electron chi connectivity index (χ1n) is 11.9. The molecule has 1 rings (SSSR count). The Balaban J connectivity index is 2.58. The van der Waals surface area contributed by atoms with Gasteiger partial charge in [0.1, 0.15) is 6.61 Å². The fourth-order valence-corrected chi connectivity index (χ4v) is 3.32. The van der Waals surface area contributed by atoms with Gasteiger partial charge >= 0.3 is 5.97 Å². The number of esters is 1. The summed E-state index contributed by atoms with van der Waals surface area (Å²) in [5.74, 6) is -0.709. The molecule has 0 aromatic carbocycles. The van der Waals surface area contributed by atoms with E-state index in [1.165, 1.54) is 0 Å². The molecule has 34 heavy (non-hydrogen) atoms. The number of carbonyl (C=O) groups is 4. The first-order valence-corrected chi connectivity index (χ1v) is 11.9. The van der Waals surface area contributed by atoms with E-state index in [0.717, 1.165) is 0 Å². The number of ketones is 1. The van der Waals surface area contributed by atoms with Crippen molar-refractivity contribution in [2.75, 3.05) is 45.9 Å². The van der Waals surface area contributed by atoms with Crippen LogP contribution in [0.15, 0.2) is 5.11 Å². The summed E-state index contributed by atoms with van der Waals surface area (Å²) in [5.41, 5.74) is 7.75. The molecule has 0 bridgehead atoms. The molecule has 0 aromatic rings. The Morgan fingerprint density at radius 1 is 1.15 bits per heavy atom. The number of hydrogen-bond donors (Lipinski definition) is 1. The van der Waals surface area contributed by atoms with Crippen molar-refractivity contribution in [3.05, 3.63) is 10.4 Å². The summed E-state index contributed by atoms with van der Waals surface area (Å²) < 4.78 is 5.43. The molecule has 1 atom stereocenters. The lowest BCUT2D eigenvalue weighted by atomic mass is 9.90. The third-order valence-corrected chi connectivity index (χ3v) is 5.67. The van der Waals surface area contributed by atoms with Crippen molar-refractivity contribution in [3.8, 4) is 0 Å². The Kier molecular flexibility index (Phi) is 12.6. The topological polar surface area (TPSA) is 145 Å². The summed E-state index contributed by atoms with van der Waals surface area (Å²) >= 11 is 0. The highest BCUT2D eigenvalue weighted by Crippen LogP contribution is 2.19. The second-order valence-corrected chi connectivity index (χ2v) is 9.93. The van der Waals surface area contributed by atoms with Crippen LogP contribution in [-0.2, 0) is 23.9 Å². The van der Waals surface area contributed by atoms with Crippen LogP contribution in [0.25, 0.3) is 10.4 Å². The van der Waals surface area contributed by atoms with Crippen LogP contribution in [0.2, 0.25) is 0 Å². The van der Waals surface area contributed by atoms with Gasteiger partial charge in [-0.15, -0.1) is 0 Å². The van der Waals surface area contributed by atoms with Crippen LogP contribution in [0.4, 0.5) is 0 Å². The van der Waals surface area contributed by atoms with E-state index in [4.69, 9.17) is 10.3 Å². The average molecular weight is 481 g/mol. The van der Waals surface area contributed by atoms with E-state index in [1.807, 2.05) is 25.7 Å². The van der Waals surface area contributed by atoms with Crippen LogP contribution < -0.4 is 5.32 Å². The summed E-state index contributed by atoms with van der Waals surface area (Å²) in [7, 11) is 0. The zero-order chi connectivity index (χ0) is 25.7. The maximum atomic E-state index is 12.7. The third-order valence-electron chi connectivity index (χ3n) is 5.67. The molecular formula is C23H40N6O5. The number of amides is 2. The van der Waals surface area contributed by atoms with Gasteiger partial charge in [0.05, 0.1) is 18.5 Å². The number of rotatable bonds is 13. The van der Waals surface area contributed by atoms with Gasteiger partial charge in [-0.2, -0.15) is 0 Å². The molecule has 0 aromatic heterocycles. The second kappa shape index (κ2) is 14.6. The molecular weight excluding hydrogens is 440 g/mol. The molecule has 1 aliphatic rings. The minimum absolute atomic E-state index is 0.0920. The Morgan fingerprint density at radius 3 is 2.47 bits per heavy atom. The number of azide groups is 1. The molecule has 2 amide bonds. The lowest BCUT2D eigenvalue weighted by Crippen LogP contribution is -2.58. The van der Waals surface area contributed by atoms with Crippen LogP contribution in [0.1, 0.15) is 60.3 Å². The number of unbranched alkanes of at least 4 members (excludes halogenated alkanes) is 1. The van der Waals surface area contributed by atoms with E-state index < -0.39 is 5.41 Å². The van der Waals surface area contributed by atoms with Crippen molar-refractivity contribution >= 4 is 23.6 Å². The van der Waals surface area contributed by atoms with Gasteiger partial charge in [0.25, 0.3) is 0 Å².